The maximum absolute atomic E-state index is 13.9. The van der Waals surface area contributed by atoms with Gasteiger partial charge in [0.05, 0.1) is 24.7 Å². The van der Waals surface area contributed by atoms with Gasteiger partial charge in [-0.05, 0) is 40.6 Å². The average molecular weight is 448 g/mol. The first-order valence-corrected chi connectivity index (χ1v) is 11.5. The van der Waals surface area contributed by atoms with Crippen molar-refractivity contribution in [2.75, 3.05) is 44.0 Å². The normalized spacial score (nSPS) is 14.1. The number of anilines is 1. The van der Waals surface area contributed by atoms with E-state index < -0.39 is 0 Å². The first-order valence-electron chi connectivity index (χ1n) is 9.53. The first-order chi connectivity index (χ1) is 14.6. The van der Waals surface area contributed by atoms with Crippen LogP contribution in [0.5, 0.6) is 0 Å². The third-order valence-electron chi connectivity index (χ3n) is 4.73. The van der Waals surface area contributed by atoms with Crippen LogP contribution in [0.25, 0.3) is 5.69 Å². The molecule has 3 aromatic rings. The minimum Gasteiger partial charge on any atom is -0.378 e. The van der Waals surface area contributed by atoms with Crippen molar-refractivity contribution in [2.24, 2.45) is 0 Å². The standard InChI is InChI=1S/C20H22FN5O2S2/c1-24(12-15-5-10-29-13-15)18(27)14-30-20-23-22-19(25-6-8-28-9-7-25)26(20)17-4-2-3-16(21)11-17/h2-5,10-11,13H,6-9,12,14H2,1H3. The van der Waals surface area contributed by atoms with Crippen LogP contribution in [0, 0.1) is 5.82 Å². The summed E-state index contributed by atoms with van der Waals surface area (Å²) in [5, 5.41) is 13.2. The fourth-order valence-electron chi connectivity index (χ4n) is 3.15. The number of thiophene rings is 1. The lowest BCUT2D eigenvalue weighted by atomic mass is 10.3. The molecule has 7 nitrogen and oxygen atoms in total. The lowest BCUT2D eigenvalue weighted by Gasteiger charge is -2.28. The number of benzene rings is 1. The summed E-state index contributed by atoms with van der Waals surface area (Å²) in [6.07, 6.45) is 0. The van der Waals surface area contributed by atoms with Crippen LogP contribution in [-0.4, -0.2) is 64.7 Å². The van der Waals surface area contributed by atoms with Crippen molar-refractivity contribution in [1.82, 2.24) is 19.7 Å². The van der Waals surface area contributed by atoms with E-state index in [0.717, 1.165) is 5.56 Å². The highest BCUT2D eigenvalue weighted by molar-refractivity contribution is 7.99. The fourth-order valence-corrected chi connectivity index (χ4v) is 4.69. The van der Waals surface area contributed by atoms with Gasteiger partial charge in [-0.2, -0.15) is 11.3 Å². The number of carbonyl (C=O) groups is 1. The Hall–Kier alpha value is -2.43. The number of nitrogens with zero attached hydrogens (tertiary/aromatic N) is 5. The molecule has 0 radical (unpaired) electrons. The molecule has 10 heteroatoms. The molecule has 0 spiro atoms. The van der Waals surface area contributed by atoms with E-state index in [1.54, 1.807) is 29.4 Å². The molecule has 158 valence electrons. The zero-order valence-corrected chi connectivity index (χ0v) is 18.2. The molecule has 30 heavy (non-hydrogen) atoms. The Morgan fingerprint density at radius 1 is 1.30 bits per heavy atom. The quantitative estimate of drug-likeness (QED) is 0.519. The number of ether oxygens (including phenoxy) is 1. The molecule has 0 saturated carbocycles. The molecule has 1 aliphatic heterocycles. The molecular weight excluding hydrogens is 425 g/mol. The van der Waals surface area contributed by atoms with Gasteiger partial charge in [0.15, 0.2) is 5.16 Å². The summed E-state index contributed by atoms with van der Waals surface area (Å²) in [6.45, 7) is 3.13. The van der Waals surface area contributed by atoms with Gasteiger partial charge in [-0.15, -0.1) is 10.2 Å². The maximum atomic E-state index is 13.9. The fraction of sp³-hybridized carbons (Fsp3) is 0.350. The van der Waals surface area contributed by atoms with E-state index in [0.29, 0.717) is 49.6 Å². The van der Waals surface area contributed by atoms with Crippen molar-refractivity contribution in [3.05, 3.63) is 52.5 Å². The summed E-state index contributed by atoms with van der Waals surface area (Å²) < 4.78 is 21.1. The molecular formula is C20H22FN5O2S2. The maximum Gasteiger partial charge on any atom is 0.233 e. The van der Waals surface area contributed by atoms with Crippen LogP contribution in [0.2, 0.25) is 0 Å². The van der Waals surface area contributed by atoms with Gasteiger partial charge in [-0.1, -0.05) is 17.8 Å². The highest BCUT2D eigenvalue weighted by atomic mass is 32.2. The van der Waals surface area contributed by atoms with Crippen LogP contribution >= 0.6 is 23.1 Å². The van der Waals surface area contributed by atoms with Crippen molar-refractivity contribution >= 4 is 35.0 Å². The molecule has 0 atom stereocenters. The molecule has 0 N–H and O–H groups in total. The van der Waals surface area contributed by atoms with Gasteiger partial charge in [0, 0.05) is 26.7 Å². The Labute approximate surface area is 182 Å². The molecule has 4 rings (SSSR count). The molecule has 1 aliphatic rings. The van der Waals surface area contributed by atoms with Gasteiger partial charge in [-0.25, -0.2) is 4.39 Å². The third kappa shape index (κ3) is 4.82. The third-order valence-corrected chi connectivity index (χ3v) is 6.37. The van der Waals surface area contributed by atoms with E-state index in [1.807, 2.05) is 27.5 Å². The van der Waals surface area contributed by atoms with Crippen molar-refractivity contribution in [2.45, 2.75) is 11.7 Å². The number of carbonyl (C=O) groups excluding carboxylic acids is 1. The Morgan fingerprint density at radius 2 is 2.13 bits per heavy atom. The number of aromatic nitrogens is 3. The zero-order valence-electron chi connectivity index (χ0n) is 16.5. The van der Waals surface area contributed by atoms with Crippen molar-refractivity contribution in [1.29, 1.82) is 0 Å². The summed E-state index contributed by atoms with van der Waals surface area (Å²) in [5.74, 6) is 0.507. The van der Waals surface area contributed by atoms with Crippen LogP contribution in [0.4, 0.5) is 10.3 Å². The van der Waals surface area contributed by atoms with Gasteiger partial charge in [-0.3, -0.25) is 9.36 Å². The molecule has 3 heterocycles. The number of thioether (sulfide) groups is 1. The Balaban J connectivity index is 1.53. The Kier molecular flexibility index (Phi) is 6.66. The Morgan fingerprint density at radius 3 is 2.87 bits per heavy atom. The summed E-state index contributed by atoms with van der Waals surface area (Å²) >= 11 is 2.91. The topological polar surface area (TPSA) is 63.5 Å². The zero-order chi connectivity index (χ0) is 20.9. The molecule has 0 aliphatic carbocycles. The SMILES string of the molecule is CN(Cc1ccsc1)C(=O)CSc1nnc(N2CCOCC2)n1-c1cccc(F)c1. The number of halogens is 1. The van der Waals surface area contributed by atoms with E-state index in [9.17, 15) is 9.18 Å². The number of amides is 1. The molecule has 0 bridgehead atoms. The molecule has 1 aromatic carbocycles. The average Bonchev–Trinajstić information content (AvgIpc) is 3.42. The van der Waals surface area contributed by atoms with E-state index in [4.69, 9.17) is 4.74 Å². The van der Waals surface area contributed by atoms with Crippen LogP contribution in [0.15, 0.2) is 46.2 Å². The monoisotopic (exact) mass is 447 g/mol. The summed E-state index contributed by atoms with van der Waals surface area (Å²) in [4.78, 5) is 16.4. The van der Waals surface area contributed by atoms with Gasteiger partial charge in [0.1, 0.15) is 5.82 Å². The van der Waals surface area contributed by atoms with Gasteiger partial charge >= 0.3 is 0 Å². The Bertz CT molecular complexity index is 989. The minimum atomic E-state index is -0.336. The van der Waals surface area contributed by atoms with Crippen LogP contribution in [0.3, 0.4) is 0 Å². The predicted octanol–water partition coefficient (Wildman–Crippen LogP) is 3.06. The molecule has 1 amide bonds. The number of hydrogen-bond donors (Lipinski definition) is 0. The van der Waals surface area contributed by atoms with Crippen LogP contribution in [-0.2, 0) is 16.1 Å². The van der Waals surface area contributed by atoms with Crippen molar-refractivity contribution < 1.29 is 13.9 Å². The largest absolute Gasteiger partial charge is 0.378 e. The van der Waals surface area contributed by atoms with Crippen molar-refractivity contribution in [3.63, 3.8) is 0 Å². The minimum absolute atomic E-state index is 0.00656. The summed E-state index contributed by atoms with van der Waals surface area (Å²) in [5.41, 5.74) is 1.74. The summed E-state index contributed by atoms with van der Waals surface area (Å²) in [7, 11) is 1.79. The second-order valence-corrected chi connectivity index (χ2v) is 8.59. The van der Waals surface area contributed by atoms with E-state index in [1.165, 1.54) is 23.9 Å². The number of hydrogen-bond acceptors (Lipinski definition) is 7. The smallest absolute Gasteiger partial charge is 0.233 e. The van der Waals surface area contributed by atoms with Gasteiger partial charge in [0.25, 0.3) is 0 Å². The number of rotatable bonds is 7. The van der Waals surface area contributed by atoms with E-state index in [-0.39, 0.29) is 17.5 Å². The second-order valence-electron chi connectivity index (χ2n) is 6.87. The van der Waals surface area contributed by atoms with Gasteiger partial charge in [0.2, 0.25) is 11.9 Å². The summed E-state index contributed by atoms with van der Waals surface area (Å²) in [6, 6.07) is 8.32. The lowest BCUT2D eigenvalue weighted by molar-refractivity contribution is -0.127. The number of morpholine rings is 1. The van der Waals surface area contributed by atoms with Crippen LogP contribution < -0.4 is 4.90 Å². The predicted molar refractivity (Wildman–Crippen MR) is 116 cm³/mol. The highest BCUT2D eigenvalue weighted by Gasteiger charge is 2.23. The molecule has 2 aromatic heterocycles. The molecule has 0 unspecified atom stereocenters. The molecule has 1 fully saturated rings. The molecule has 1 saturated heterocycles. The highest BCUT2D eigenvalue weighted by Crippen LogP contribution is 2.28. The lowest BCUT2D eigenvalue weighted by Crippen LogP contribution is -2.37. The van der Waals surface area contributed by atoms with Crippen molar-refractivity contribution in [3.8, 4) is 5.69 Å². The van der Waals surface area contributed by atoms with Gasteiger partial charge < -0.3 is 14.5 Å². The van der Waals surface area contributed by atoms with Crippen LogP contribution in [0.1, 0.15) is 5.56 Å². The first kappa shape index (κ1) is 20.8. The van der Waals surface area contributed by atoms with E-state index in [2.05, 4.69) is 15.1 Å². The van der Waals surface area contributed by atoms with E-state index >= 15 is 0 Å². The second kappa shape index (κ2) is 9.59.